The number of halogens is 3. The molecule has 1 aliphatic carbocycles. The van der Waals surface area contributed by atoms with Crippen LogP contribution in [-0.2, 0) is 0 Å². The first-order valence-corrected chi connectivity index (χ1v) is 5.66. The van der Waals surface area contributed by atoms with Crippen molar-refractivity contribution in [2.45, 2.75) is 51.9 Å². The van der Waals surface area contributed by atoms with E-state index in [-0.39, 0.29) is 11.5 Å². The Morgan fingerprint density at radius 1 is 1.38 bits per heavy atom. The number of hydrogen-bond acceptors (Lipinski definition) is 2. The van der Waals surface area contributed by atoms with Gasteiger partial charge in [0.1, 0.15) is 0 Å². The normalized spacial score (nSPS) is 30.0. The average Bonchev–Trinajstić information content (AvgIpc) is 2.38. The Morgan fingerprint density at radius 2 is 1.94 bits per heavy atom. The number of hydrogen-bond donors (Lipinski definition) is 1. The molecule has 0 heterocycles. The largest absolute Gasteiger partial charge is 0.401 e. The zero-order chi connectivity index (χ0) is 12.6. The summed E-state index contributed by atoms with van der Waals surface area (Å²) in [4.78, 5) is 1.33. The summed E-state index contributed by atoms with van der Waals surface area (Å²) in [6.45, 7) is 4.89. The molecule has 96 valence electrons. The van der Waals surface area contributed by atoms with Gasteiger partial charge in [-0.2, -0.15) is 13.2 Å². The van der Waals surface area contributed by atoms with Crippen molar-refractivity contribution in [2.24, 2.45) is 5.41 Å². The van der Waals surface area contributed by atoms with Crippen LogP contribution in [0.1, 0.15) is 33.6 Å². The fourth-order valence-corrected chi connectivity index (χ4v) is 2.42. The Hall–Kier alpha value is -0.290. The van der Waals surface area contributed by atoms with Gasteiger partial charge in [0, 0.05) is 6.04 Å². The molecule has 0 aromatic rings. The molecule has 1 fully saturated rings. The van der Waals surface area contributed by atoms with Crippen molar-refractivity contribution in [3.8, 4) is 0 Å². The summed E-state index contributed by atoms with van der Waals surface area (Å²) in [5, 5.41) is 10.0. The lowest BCUT2D eigenvalue weighted by atomic mass is 9.88. The number of aliphatic hydroxyl groups excluding tert-OH is 1. The van der Waals surface area contributed by atoms with Gasteiger partial charge >= 0.3 is 6.18 Å². The van der Waals surface area contributed by atoms with Gasteiger partial charge in [0.2, 0.25) is 0 Å². The highest BCUT2D eigenvalue weighted by Crippen LogP contribution is 2.40. The summed E-state index contributed by atoms with van der Waals surface area (Å²) >= 11 is 0. The molecule has 0 saturated heterocycles. The van der Waals surface area contributed by atoms with Crippen LogP contribution >= 0.6 is 0 Å². The zero-order valence-electron chi connectivity index (χ0n) is 10.0. The van der Waals surface area contributed by atoms with Crippen molar-refractivity contribution in [1.29, 1.82) is 0 Å². The fraction of sp³-hybridized carbons (Fsp3) is 1.00. The number of aliphatic hydroxyl groups is 1. The number of alkyl halides is 3. The third kappa shape index (κ3) is 3.10. The third-order valence-corrected chi connectivity index (χ3v) is 3.51. The smallest absolute Gasteiger partial charge is 0.391 e. The monoisotopic (exact) mass is 239 g/mol. The van der Waals surface area contributed by atoms with E-state index in [0.717, 1.165) is 6.42 Å². The minimum absolute atomic E-state index is 0.274. The molecule has 0 amide bonds. The lowest BCUT2D eigenvalue weighted by Gasteiger charge is -2.33. The van der Waals surface area contributed by atoms with E-state index in [9.17, 15) is 18.3 Å². The summed E-state index contributed by atoms with van der Waals surface area (Å²) in [5.41, 5.74) is -0.274. The molecule has 0 radical (unpaired) electrons. The first-order valence-electron chi connectivity index (χ1n) is 5.66. The fourth-order valence-electron chi connectivity index (χ4n) is 2.42. The topological polar surface area (TPSA) is 23.5 Å². The first-order chi connectivity index (χ1) is 7.17. The molecule has 0 spiro atoms. The van der Waals surface area contributed by atoms with E-state index < -0.39 is 18.8 Å². The van der Waals surface area contributed by atoms with Crippen LogP contribution in [0.3, 0.4) is 0 Å². The van der Waals surface area contributed by atoms with Crippen molar-refractivity contribution in [1.82, 2.24) is 4.90 Å². The van der Waals surface area contributed by atoms with Crippen LogP contribution in [0.15, 0.2) is 0 Å². The van der Waals surface area contributed by atoms with Crippen LogP contribution in [0.4, 0.5) is 13.2 Å². The molecular weight excluding hydrogens is 219 g/mol. The molecule has 0 aliphatic heterocycles. The van der Waals surface area contributed by atoms with Crippen LogP contribution in [0.5, 0.6) is 0 Å². The van der Waals surface area contributed by atoms with Crippen molar-refractivity contribution < 1.29 is 18.3 Å². The highest BCUT2D eigenvalue weighted by molar-refractivity contribution is 4.96. The summed E-state index contributed by atoms with van der Waals surface area (Å²) in [6, 6.07) is -0.360. The second-order valence-corrected chi connectivity index (χ2v) is 5.22. The zero-order valence-corrected chi connectivity index (χ0v) is 10.0. The van der Waals surface area contributed by atoms with E-state index in [1.165, 1.54) is 4.90 Å². The molecule has 1 rings (SSSR count). The van der Waals surface area contributed by atoms with E-state index in [4.69, 9.17) is 0 Å². The molecule has 0 aromatic carbocycles. The molecule has 5 heteroatoms. The molecule has 1 N–H and O–H groups in total. The highest BCUT2D eigenvalue weighted by atomic mass is 19.4. The van der Waals surface area contributed by atoms with Crippen LogP contribution < -0.4 is 0 Å². The molecule has 2 unspecified atom stereocenters. The predicted octanol–water partition coefficient (Wildman–Crippen LogP) is 2.42. The van der Waals surface area contributed by atoms with Gasteiger partial charge in [-0.05, 0) is 24.8 Å². The summed E-state index contributed by atoms with van der Waals surface area (Å²) in [6.07, 6.45) is -3.46. The Kier molecular flexibility index (Phi) is 3.90. The quantitative estimate of drug-likeness (QED) is 0.817. The van der Waals surface area contributed by atoms with Crippen LogP contribution in [-0.4, -0.2) is 41.4 Å². The van der Waals surface area contributed by atoms with Gasteiger partial charge in [-0.25, -0.2) is 0 Å². The number of nitrogens with zero attached hydrogens (tertiary/aromatic N) is 1. The van der Waals surface area contributed by atoms with Crippen LogP contribution in [0.2, 0.25) is 0 Å². The maximum atomic E-state index is 12.3. The average molecular weight is 239 g/mol. The predicted molar refractivity (Wildman–Crippen MR) is 56.1 cm³/mol. The van der Waals surface area contributed by atoms with E-state index in [1.807, 2.05) is 13.8 Å². The van der Waals surface area contributed by atoms with Crippen LogP contribution in [0, 0.1) is 5.41 Å². The Morgan fingerprint density at radius 3 is 2.25 bits per heavy atom. The van der Waals surface area contributed by atoms with Gasteiger partial charge in [-0.1, -0.05) is 20.8 Å². The maximum absolute atomic E-state index is 12.3. The van der Waals surface area contributed by atoms with Gasteiger partial charge in [-0.3, -0.25) is 4.90 Å². The summed E-state index contributed by atoms with van der Waals surface area (Å²) in [7, 11) is 0. The molecule has 0 bridgehead atoms. The minimum Gasteiger partial charge on any atom is -0.391 e. The maximum Gasteiger partial charge on any atom is 0.401 e. The van der Waals surface area contributed by atoms with E-state index in [1.54, 1.807) is 6.92 Å². The number of likely N-dealkylation sites (N-methyl/N-ethyl adjacent to an activating group) is 1. The number of rotatable bonds is 3. The lowest BCUT2D eigenvalue weighted by molar-refractivity contribution is -0.155. The third-order valence-electron chi connectivity index (χ3n) is 3.51. The first kappa shape index (κ1) is 13.8. The van der Waals surface area contributed by atoms with Crippen molar-refractivity contribution in [3.05, 3.63) is 0 Å². The molecule has 2 nitrogen and oxygen atoms in total. The standard InChI is InChI=1S/C11H20F3NO/c1-4-15(7-11(12,13)14)8-5-6-10(2,3)9(8)16/h8-9,16H,4-7H2,1-3H3. The SMILES string of the molecule is CCN(CC(F)(F)F)C1CCC(C)(C)C1O. The summed E-state index contributed by atoms with van der Waals surface area (Å²) < 4.78 is 37.0. The molecule has 2 atom stereocenters. The van der Waals surface area contributed by atoms with Gasteiger partial charge in [0.25, 0.3) is 0 Å². The Labute approximate surface area is 94.4 Å². The molecular formula is C11H20F3NO. The van der Waals surface area contributed by atoms with Gasteiger partial charge < -0.3 is 5.11 Å². The molecule has 1 saturated carbocycles. The molecule has 1 aliphatic rings. The van der Waals surface area contributed by atoms with Gasteiger partial charge in [0.15, 0.2) is 0 Å². The molecule has 0 aromatic heterocycles. The van der Waals surface area contributed by atoms with E-state index >= 15 is 0 Å². The second-order valence-electron chi connectivity index (χ2n) is 5.22. The minimum atomic E-state index is -4.19. The van der Waals surface area contributed by atoms with E-state index in [2.05, 4.69) is 0 Å². The molecule has 16 heavy (non-hydrogen) atoms. The van der Waals surface area contributed by atoms with Crippen molar-refractivity contribution >= 4 is 0 Å². The van der Waals surface area contributed by atoms with Gasteiger partial charge in [0.05, 0.1) is 12.6 Å². The van der Waals surface area contributed by atoms with E-state index in [0.29, 0.717) is 13.0 Å². The summed E-state index contributed by atoms with van der Waals surface area (Å²) in [5.74, 6) is 0. The van der Waals surface area contributed by atoms with Crippen LogP contribution in [0.25, 0.3) is 0 Å². The highest BCUT2D eigenvalue weighted by Gasteiger charge is 2.45. The van der Waals surface area contributed by atoms with Crippen molar-refractivity contribution in [3.63, 3.8) is 0 Å². The Bertz CT molecular complexity index is 240. The lowest BCUT2D eigenvalue weighted by Crippen LogP contribution is -2.47. The van der Waals surface area contributed by atoms with Crippen molar-refractivity contribution in [2.75, 3.05) is 13.1 Å². The second kappa shape index (κ2) is 4.53. The van der Waals surface area contributed by atoms with Gasteiger partial charge in [-0.15, -0.1) is 0 Å². The Balaban J connectivity index is 2.68.